The van der Waals surface area contributed by atoms with Crippen molar-refractivity contribution in [3.05, 3.63) is 29.8 Å². The van der Waals surface area contributed by atoms with Gasteiger partial charge in [-0.05, 0) is 31.5 Å². The van der Waals surface area contributed by atoms with Crippen LogP contribution >= 0.6 is 0 Å². The molecule has 1 unspecified atom stereocenters. The summed E-state index contributed by atoms with van der Waals surface area (Å²) in [5.41, 5.74) is 6.88. The van der Waals surface area contributed by atoms with E-state index in [2.05, 4.69) is 0 Å². The Kier molecular flexibility index (Phi) is 6.55. The third kappa shape index (κ3) is 4.40. The van der Waals surface area contributed by atoms with Crippen molar-refractivity contribution in [1.82, 2.24) is 5.06 Å². The molecule has 36 heavy (non-hydrogen) atoms. The molecule has 0 saturated carbocycles. The third-order valence-electron chi connectivity index (χ3n) is 6.95. The highest BCUT2D eigenvalue weighted by molar-refractivity contribution is 5.78. The fraction of sp³-hybridized carbons (Fsp3) is 0.708. The van der Waals surface area contributed by atoms with E-state index in [1.165, 1.54) is 14.2 Å². The number of hydrogen-bond acceptors (Lipinski definition) is 12. The molecule has 1 aromatic rings. The molecule has 0 aliphatic carbocycles. The van der Waals surface area contributed by atoms with Gasteiger partial charge in [0.25, 0.3) is 5.79 Å². The lowest BCUT2D eigenvalue weighted by Crippen LogP contribution is -2.47. The molecule has 4 aliphatic rings. The summed E-state index contributed by atoms with van der Waals surface area (Å²) in [6.07, 6.45) is -2.75. The fourth-order valence-corrected chi connectivity index (χ4v) is 5.31. The van der Waals surface area contributed by atoms with E-state index in [-0.39, 0.29) is 13.0 Å². The van der Waals surface area contributed by atoms with Crippen LogP contribution in [0.25, 0.3) is 0 Å². The Balaban J connectivity index is 1.50. The van der Waals surface area contributed by atoms with Crippen LogP contribution in [0.3, 0.4) is 0 Å². The number of ether oxygens (including phenoxy) is 8. The average molecular weight is 511 g/mol. The van der Waals surface area contributed by atoms with Gasteiger partial charge in [-0.3, -0.25) is 5.73 Å². The summed E-state index contributed by atoms with van der Waals surface area (Å²) in [4.78, 5) is 19.0. The Labute approximate surface area is 209 Å². The number of esters is 1. The van der Waals surface area contributed by atoms with Crippen molar-refractivity contribution in [3.63, 3.8) is 0 Å². The molecule has 0 spiro atoms. The van der Waals surface area contributed by atoms with Gasteiger partial charge in [-0.2, -0.15) is 0 Å². The van der Waals surface area contributed by atoms with Crippen molar-refractivity contribution < 1.29 is 47.5 Å². The molecule has 5 rings (SSSR count). The second-order valence-electron chi connectivity index (χ2n) is 9.93. The molecule has 0 aromatic heterocycles. The molecule has 0 bridgehead atoms. The molecule has 1 aromatic carbocycles. The van der Waals surface area contributed by atoms with E-state index in [0.29, 0.717) is 5.75 Å². The summed E-state index contributed by atoms with van der Waals surface area (Å²) in [6, 6.07) is 7.02. The van der Waals surface area contributed by atoms with Crippen molar-refractivity contribution in [3.8, 4) is 5.75 Å². The van der Waals surface area contributed by atoms with Gasteiger partial charge in [-0.15, -0.1) is 5.06 Å². The van der Waals surface area contributed by atoms with Crippen LogP contribution in [0.2, 0.25) is 0 Å². The first-order chi connectivity index (χ1) is 17.0. The van der Waals surface area contributed by atoms with E-state index < -0.39 is 60.1 Å². The number of nitrogens with two attached hydrogens (primary N) is 1. The SMILES string of the molecule is COC(=O)[C@@]1(OC)C[C@H](c2ccc(OC)cc2)N([C@@H]2O[C@@H](C3CO[C@@](C)(N)O3)[C@H]3OC(C)(C)O[C@H]32)O1. The number of fused-ring (bicyclic) bond motifs is 1. The van der Waals surface area contributed by atoms with Crippen molar-refractivity contribution in [1.29, 1.82) is 0 Å². The molecule has 8 atom stereocenters. The average Bonchev–Trinajstić information content (AvgIpc) is 3.58. The number of carbonyl (C=O) groups excluding carboxylic acids is 1. The number of rotatable bonds is 6. The number of methoxy groups -OCH3 is 3. The Bertz CT molecular complexity index is 972. The highest BCUT2D eigenvalue weighted by Crippen LogP contribution is 2.49. The minimum atomic E-state index is -1.67. The normalized spacial score (nSPS) is 42.0. The number of nitrogens with zero attached hydrogens (tertiary/aromatic N) is 1. The van der Waals surface area contributed by atoms with Crippen LogP contribution in [0.5, 0.6) is 5.75 Å². The number of carbonyl (C=O) groups is 1. The topological polar surface area (TPSA) is 129 Å². The Morgan fingerprint density at radius 2 is 1.72 bits per heavy atom. The zero-order valence-corrected chi connectivity index (χ0v) is 21.3. The lowest BCUT2D eigenvalue weighted by Gasteiger charge is -2.33. The highest BCUT2D eigenvalue weighted by Gasteiger charge is 2.65. The van der Waals surface area contributed by atoms with Crippen LogP contribution in [-0.4, -0.2) is 87.1 Å². The molecule has 4 heterocycles. The minimum Gasteiger partial charge on any atom is -0.497 e. The van der Waals surface area contributed by atoms with Crippen LogP contribution in [0.4, 0.5) is 0 Å². The quantitative estimate of drug-likeness (QED) is 0.552. The fourth-order valence-electron chi connectivity index (χ4n) is 5.31. The van der Waals surface area contributed by atoms with Gasteiger partial charge in [0.05, 0.1) is 26.9 Å². The van der Waals surface area contributed by atoms with Gasteiger partial charge in [0.15, 0.2) is 12.0 Å². The Hall–Kier alpha value is -1.87. The van der Waals surface area contributed by atoms with E-state index in [1.54, 1.807) is 19.1 Å². The van der Waals surface area contributed by atoms with Gasteiger partial charge in [0.2, 0.25) is 5.91 Å². The highest BCUT2D eigenvalue weighted by atomic mass is 16.9. The Morgan fingerprint density at radius 1 is 1.03 bits per heavy atom. The molecule has 12 nitrogen and oxygen atoms in total. The predicted molar refractivity (Wildman–Crippen MR) is 121 cm³/mol. The van der Waals surface area contributed by atoms with E-state index >= 15 is 0 Å². The lowest BCUT2D eigenvalue weighted by atomic mass is 9.98. The predicted octanol–water partition coefficient (Wildman–Crippen LogP) is 1.18. The maximum Gasteiger partial charge on any atom is 0.368 e. The van der Waals surface area contributed by atoms with Crippen molar-refractivity contribution in [2.24, 2.45) is 5.73 Å². The minimum absolute atomic E-state index is 0.151. The second kappa shape index (κ2) is 9.15. The largest absolute Gasteiger partial charge is 0.497 e. The molecule has 2 N–H and O–H groups in total. The third-order valence-corrected chi connectivity index (χ3v) is 6.95. The first-order valence-corrected chi connectivity index (χ1v) is 11.9. The van der Waals surface area contributed by atoms with E-state index in [1.807, 2.05) is 38.1 Å². The molecular formula is C24H34N2O10. The van der Waals surface area contributed by atoms with Crippen LogP contribution in [0, 0.1) is 0 Å². The van der Waals surface area contributed by atoms with Crippen LogP contribution in [0.15, 0.2) is 24.3 Å². The van der Waals surface area contributed by atoms with Gasteiger partial charge >= 0.3 is 5.97 Å². The Morgan fingerprint density at radius 3 is 2.31 bits per heavy atom. The summed E-state index contributed by atoms with van der Waals surface area (Å²) in [5.74, 6) is -3.74. The van der Waals surface area contributed by atoms with Crippen molar-refractivity contribution in [2.45, 2.75) is 81.4 Å². The van der Waals surface area contributed by atoms with Crippen LogP contribution in [0.1, 0.15) is 38.8 Å². The monoisotopic (exact) mass is 510 g/mol. The number of hydroxylamine groups is 2. The van der Waals surface area contributed by atoms with Crippen molar-refractivity contribution >= 4 is 5.97 Å². The lowest BCUT2D eigenvalue weighted by molar-refractivity contribution is -0.344. The molecule has 4 fully saturated rings. The zero-order chi connectivity index (χ0) is 25.9. The smallest absolute Gasteiger partial charge is 0.368 e. The van der Waals surface area contributed by atoms with Gasteiger partial charge in [-0.1, -0.05) is 12.1 Å². The summed E-state index contributed by atoms with van der Waals surface area (Å²) >= 11 is 0. The summed E-state index contributed by atoms with van der Waals surface area (Å²) < 4.78 is 46.4. The van der Waals surface area contributed by atoms with E-state index in [0.717, 1.165) is 5.56 Å². The summed E-state index contributed by atoms with van der Waals surface area (Å²) in [6.45, 7) is 5.53. The van der Waals surface area contributed by atoms with Gasteiger partial charge in [0, 0.05) is 20.5 Å². The molecule has 0 amide bonds. The summed E-state index contributed by atoms with van der Waals surface area (Å²) in [5, 5.41) is 1.60. The van der Waals surface area contributed by atoms with Crippen LogP contribution < -0.4 is 10.5 Å². The maximum atomic E-state index is 12.8. The van der Waals surface area contributed by atoms with Crippen molar-refractivity contribution in [2.75, 3.05) is 27.9 Å². The van der Waals surface area contributed by atoms with Gasteiger partial charge in [-0.25, -0.2) is 9.63 Å². The molecule has 4 aliphatic heterocycles. The van der Waals surface area contributed by atoms with Gasteiger partial charge < -0.3 is 37.9 Å². The first-order valence-electron chi connectivity index (χ1n) is 11.9. The molecular weight excluding hydrogens is 476 g/mol. The van der Waals surface area contributed by atoms with E-state index in [9.17, 15) is 4.79 Å². The molecule has 200 valence electrons. The number of hydrogen-bond donors (Lipinski definition) is 1. The number of benzene rings is 1. The first kappa shape index (κ1) is 25.8. The standard InChI is InChI=1S/C24H34N2O10/c1-22(2)34-18-17(16-12-31-23(3,25)33-16)32-20(19(18)35-22)26-15(13-7-9-14(28-4)10-8-13)11-24(30-6,36-26)21(27)29-5/h7-10,15-20H,11-12,25H2,1-6H3/t15-,16?,17+,18-,19-,20-,23-,24-/m1/s1. The van der Waals surface area contributed by atoms with Crippen LogP contribution in [-0.2, 0) is 42.8 Å². The summed E-state index contributed by atoms with van der Waals surface area (Å²) in [7, 11) is 4.28. The second-order valence-corrected chi connectivity index (χ2v) is 9.93. The molecule has 12 heteroatoms. The maximum absolute atomic E-state index is 12.8. The molecule has 0 radical (unpaired) electrons. The molecule has 4 saturated heterocycles. The van der Waals surface area contributed by atoms with E-state index in [4.69, 9.17) is 48.5 Å². The zero-order valence-electron chi connectivity index (χ0n) is 21.3. The van der Waals surface area contributed by atoms with Gasteiger partial charge in [0.1, 0.15) is 30.2 Å².